The van der Waals surface area contributed by atoms with Crippen LogP contribution in [0, 0.1) is 0 Å². The summed E-state index contributed by atoms with van der Waals surface area (Å²) in [5.74, 6) is 0. The SMILES string of the molecule is O=c1ccc(-c2ccc(S(=O)(=O)N3CCN(c4ccncc4)CC3)s2)n[nH]1. The molecule has 4 heterocycles. The third kappa shape index (κ3) is 3.64. The first-order chi connectivity index (χ1) is 13.0. The molecule has 0 atom stereocenters. The average Bonchev–Trinajstić information content (AvgIpc) is 3.20. The van der Waals surface area contributed by atoms with Gasteiger partial charge in [0.25, 0.3) is 15.6 Å². The maximum atomic E-state index is 13.0. The topological polar surface area (TPSA) is 99.3 Å². The molecule has 1 fully saturated rings. The van der Waals surface area contributed by atoms with Gasteiger partial charge in [0.05, 0.1) is 4.88 Å². The molecule has 1 aliphatic rings. The summed E-state index contributed by atoms with van der Waals surface area (Å²) in [7, 11) is -3.55. The predicted molar refractivity (Wildman–Crippen MR) is 103 cm³/mol. The number of anilines is 1. The van der Waals surface area contributed by atoms with Gasteiger partial charge in [0.2, 0.25) is 0 Å². The van der Waals surface area contributed by atoms with Gasteiger partial charge in [-0.2, -0.15) is 9.40 Å². The van der Waals surface area contributed by atoms with Crippen LogP contribution in [0.25, 0.3) is 10.6 Å². The maximum Gasteiger partial charge on any atom is 0.264 e. The Morgan fingerprint density at radius 3 is 2.37 bits per heavy atom. The standard InChI is InChI=1S/C17H17N5O3S2/c23-16-3-1-14(19-20-16)15-2-4-17(26-15)27(24,25)22-11-9-21(10-12-22)13-5-7-18-8-6-13/h1-8H,9-12H2,(H,20,23). The number of nitrogens with zero attached hydrogens (tertiary/aromatic N) is 4. The zero-order valence-corrected chi connectivity index (χ0v) is 15.9. The van der Waals surface area contributed by atoms with Gasteiger partial charge in [-0.25, -0.2) is 13.5 Å². The molecule has 1 saturated heterocycles. The summed E-state index contributed by atoms with van der Waals surface area (Å²) in [6, 6.07) is 10.1. The number of hydrogen-bond donors (Lipinski definition) is 1. The monoisotopic (exact) mass is 403 g/mol. The fourth-order valence-corrected chi connectivity index (χ4v) is 5.80. The van der Waals surface area contributed by atoms with Crippen LogP contribution >= 0.6 is 11.3 Å². The number of hydrogen-bond acceptors (Lipinski definition) is 7. The maximum absolute atomic E-state index is 13.0. The number of aromatic amines is 1. The largest absolute Gasteiger partial charge is 0.369 e. The Morgan fingerprint density at radius 1 is 0.963 bits per heavy atom. The number of H-pyrrole nitrogens is 1. The molecule has 3 aromatic heterocycles. The van der Waals surface area contributed by atoms with E-state index in [0.717, 1.165) is 17.0 Å². The van der Waals surface area contributed by atoms with Crippen molar-refractivity contribution in [3.05, 3.63) is 59.1 Å². The van der Waals surface area contributed by atoms with E-state index in [9.17, 15) is 13.2 Å². The van der Waals surface area contributed by atoms with Crippen molar-refractivity contribution in [1.29, 1.82) is 0 Å². The van der Waals surface area contributed by atoms with E-state index in [1.54, 1.807) is 30.6 Å². The van der Waals surface area contributed by atoms with Crippen molar-refractivity contribution in [2.24, 2.45) is 0 Å². The van der Waals surface area contributed by atoms with Crippen molar-refractivity contribution in [2.75, 3.05) is 31.1 Å². The zero-order valence-electron chi connectivity index (χ0n) is 14.3. The number of thiophene rings is 1. The van der Waals surface area contributed by atoms with Crippen LogP contribution < -0.4 is 10.5 Å². The number of aromatic nitrogens is 3. The van der Waals surface area contributed by atoms with Crippen LogP contribution in [0.5, 0.6) is 0 Å². The van der Waals surface area contributed by atoms with Crippen LogP contribution in [0.4, 0.5) is 5.69 Å². The number of nitrogens with one attached hydrogen (secondary N) is 1. The molecule has 8 nitrogen and oxygen atoms in total. The van der Waals surface area contributed by atoms with Crippen molar-refractivity contribution in [3.63, 3.8) is 0 Å². The number of pyridine rings is 1. The van der Waals surface area contributed by atoms with Gasteiger partial charge in [0.15, 0.2) is 0 Å². The van der Waals surface area contributed by atoms with Gasteiger partial charge >= 0.3 is 0 Å². The molecule has 0 unspecified atom stereocenters. The highest BCUT2D eigenvalue weighted by Crippen LogP contribution is 2.31. The van der Waals surface area contributed by atoms with Crippen molar-refractivity contribution in [3.8, 4) is 10.6 Å². The Labute approximate surface area is 160 Å². The summed E-state index contributed by atoms with van der Waals surface area (Å²) in [5, 5.41) is 6.31. The minimum Gasteiger partial charge on any atom is -0.369 e. The first-order valence-electron chi connectivity index (χ1n) is 8.35. The molecule has 0 amide bonds. The molecule has 1 N–H and O–H groups in total. The Bertz CT molecular complexity index is 1070. The van der Waals surface area contributed by atoms with Crippen LogP contribution in [-0.4, -0.2) is 54.1 Å². The first kappa shape index (κ1) is 17.8. The van der Waals surface area contributed by atoms with Crippen LogP contribution in [0.15, 0.2) is 57.8 Å². The lowest BCUT2D eigenvalue weighted by Gasteiger charge is -2.35. The Hall–Kier alpha value is -2.56. The lowest BCUT2D eigenvalue weighted by molar-refractivity contribution is 0.386. The van der Waals surface area contributed by atoms with E-state index < -0.39 is 10.0 Å². The van der Waals surface area contributed by atoms with Gasteiger partial charge in [-0.1, -0.05) is 0 Å². The first-order valence-corrected chi connectivity index (χ1v) is 10.6. The predicted octanol–water partition coefficient (Wildman–Crippen LogP) is 1.40. The van der Waals surface area contributed by atoms with E-state index in [-0.39, 0.29) is 9.77 Å². The number of piperazine rings is 1. The molecule has 0 aromatic carbocycles. The second-order valence-corrected chi connectivity index (χ2v) is 9.27. The molecule has 140 valence electrons. The second-order valence-electron chi connectivity index (χ2n) is 6.02. The van der Waals surface area contributed by atoms with Gasteiger partial charge < -0.3 is 4.90 Å². The van der Waals surface area contributed by atoms with E-state index in [0.29, 0.717) is 36.8 Å². The van der Waals surface area contributed by atoms with E-state index in [1.807, 2.05) is 12.1 Å². The summed E-state index contributed by atoms with van der Waals surface area (Å²) in [5.41, 5.74) is 1.29. The molecule has 0 aliphatic carbocycles. The molecular formula is C17H17N5O3S2. The van der Waals surface area contributed by atoms with Gasteiger partial charge in [0, 0.05) is 50.3 Å². The van der Waals surface area contributed by atoms with Gasteiger partial charge in [-0.15, -0.1) is 11.3 Å². The summed E-state index contributed by atoms with van der Waals surface area (Å²) >= 11 is 1.15. The van der Waals surface area contributed by atoms with Gasteiger partial charge in [-0.3, -0.25) is 9.78 Å². The van der Waals surface area contributed by atoms with Crippen LogP contribution in [-0.2, 0) is 10.0 Å². The van der Waals surface area contributed by atoms with Crippen LogP contribution in [0.2, 0.25) is 0 Å². The minimum absolute atomic E-state index is 0.280. The Kier molecular flexibility index (Phi) is 4.77. The second kappa shape index (κ2) is 7.22. The zero-order chi connectivity index (χ0) is 18.9. The molecule has 0 radical (unpaired) electrons. The highest BCUT2D eigenvalue weighted by Gasteiger charge is 2.30. The van der Waals surface area contributed by atoms with Crippen LogP contribution in [0.1, 0.15) is 0 Å². The average molecular weight is 403 g/mol. The molecule has 0 bridgehead atoms. The molecule has 27 heavy (non-hydrogen) atoms. The highest BCUT2D eigenvalue weighted by molar-refractivity contribution is 7.91. The summed E-state index contributed by atoms with van der Waals surface area (Å²) < 4.78 is 27.7. The molecule has 0 spiro atoms. The Morgan fingerprint density at radius 2 is 1.70 bits per heavy atom. The van der Waals surface area contributed by atoms with E-state index in [4.69, 9.17) is 0 Å². The normalized spacial score (nSPS) is 15.8. The van der Waals surface area contributed by atoms with Crippen LogP contribution in [0.3, 0.4) is 0 Å². The number of rotatable bonds is 4. The van der Waals surface area contributed by atoms with E-state index in [2.05, 4.69) is 20.1 Å². The third-order valence-corrected chi connectivity index (χ3v) is 7.85. The van der Waals surface area contributed by atoms with Crippen molar-refractivity contribution < 1.29 is 8.42 Å². The van der Waals surface area contributed by atoms with Crippen molar-refractivity contribution >= 4 is 27.0 Å². The molecule has 10 heteroatoms. The third-order valence-electron chi connectivity index (χ3n) is 4.37. The lowest BCUT2D eigenvalue weighted by Crippen LogP contribution is -2.48. The molecule has 0 saturated carbocycles. The number of sulfonamides is 1. The van der Waals surface area contributed by atoms with Crippen molar-refractivity contribution in [2.45, 2.75) is 4.21 Å². The summed E-state index contributed by atoms with van der Waals surface area (Å²) in [4.78, 5) is 18.0. The minimum atomic E-state index is -3.55. The summed E-state index contributed by atoms with van der Waals surface area (Å²) in [6.07, 6.45) is 3.47. The molecule has 3 aromatic rings. The smallest absolute Gasteiger partial charge is 0.264 e. The molecule has 1 aliphatic heterocycles. The van der Waals surface area contributed by atoms with E-state index in [1.165, 1.54) is 10.4 Å². The fourth-order valence-electron chi connectivity index (χ4n) is 2.95. The quantitative estimate of drug-likeness (QED) is 0.707. The highest BCUT2D eigenvalue weighted by atomic mass is 32.2. The molecular weight excluding hydrogens is 386 g/mol. The van der Waals surface area contributed by atoms with Crippen molar-refractivity contribution in [1.82, 2.24) is 19.5 Å². The van der Waals surface area contributed by atoms with Gasteiger partial charge in [-0.05, 0) is 30.3 Å². The lowest BCUT2D eigenvalue weighted by atomic mass is 10.3. The summed E-state index contributed by atoms with van der Waals surface area (Å²) in [6.45, 7) is 2.11. The molecule has 4 rings (SSSR count). The van der Waals surface area contributed by atoms with E-state index >= 15 is 0 Å². The fraction of sp³-hybridized carbons (Fsp3) is 0.235. The Balaban J connectivity index is 1.49. The van der Waals surface area contributed by atoms with Gasteiger partial charge in [0.1, 0.15) is 9.90 Å².